The van der Waals surface area contributed by atoms with Gasteiger partial charge in [-0.15, -0.1) is 0 Å². The molecule has 0 saturated carbocycles. The van der Waals surface area contributed by atoms with Gasteiger partial charge in [0.15, 0.2) is 0 Å². The van der Waals surface area contributed by atoms with E-state index in [4.69, 9.17) is 9.84 Å². The molecule has 0 radical (unpaired) electrons. The van der Waals surface area contributed by atoms with Crippen molar-refractivity contribution in [2.45, 2.75) is 32.3 Å². The first-order chi connectivity index (χ1) is 5.64. The second-order valence-electron chi connectivity index (χ2n) is 2.75. The molecule has 1 unspecified atom stereocenters. The third-order valence-corrected chi connectivity index (χ3v) is 1.49. The first-order valence-electron chi connectivity index (χ1n) is 4.19. The molecule has 1 saturated heterocycles. The van der Waals surface area contributed by atoms with Crippen molar-refractivity contribution in [2.24, 2.45) is 5.73 Å². The molecule has 12 heavy (non-hydrogen) atoms. The average Bonchev–Trinajstić information content (AvgIpc) is 2.08. The smallest absolute Gasteiger partial charge is 0.245 e. The molecule has 0 bridgehead atoms. The second-order valence-corrected chi connectivity index (χ2v) is 2.75. The lowest BCUT2D eigenvalue weighted by Gasteiger charge is -2.08. The van der Waals surface area contributed by atoms with Crippen LogP contribution in [0.1, 0.15) is 26.2 Å². The van der Waals surface area contributed by atoms with E-state index < -0.39 is 12.0 Å². The molecule has 1 aliphatic heterocycles. The maximum atomic E-state index is 9.67. The van der Waals surface area contributed by atoms with Crippen molar-refractivity contribution in [1.29, 1.82) is 0 Å². The Morgan fingerprint density at radius 3 is 1.92 bits per heavy atom. The first-order valence-corrected chi connectivity index (χ1v) is 4.19. The van der Waals surface area contributed by atoms with E-state index in [1.54, 1.807) is 0 Å². The molecule has 1 atom stereocenters. The Bertz CT molecular complexity index is 110. The van der Waals surface area contributed by atoms with Crippen molar-refractivity contribution in [3.05, 3.63) is 0 Å². The molecule has 0 aromatic rings. The number of hydrogen-bond donors (Lipinski definition) is 2. The summed E-state index contributed by atoms with van der Waals surface area (Å²) in [6, 6.07) is 0. The third-order valence-electron chi connectivity index (χ3n) is 1.49. The standard InChI is InChI=1S/C5H10O.C3H7NO2/c1-2-4-6-5-3-1;1-2(5)3(4)6/h1-5H2;2,5H,1H3,(H2,4,6). The summed E-state index contributed by atoms with van der Waals surface area (Å²) < 4.78 is 5.07. The van der Waals surface area contributed by atoms with Crippen LogP contribution < -0.4 is 5.73 Å². The number of rotatable bonds is 1. The summed E-state index contributed by atoms with van der Waals surface area (Å²) in [7, 11) is 0. The van der Waals surface area contributed by atoms with E-state index in [2.05, 4.69) is 5.73 Å². The lowest BCUT2D eigenvalue weighted by atomic mass is 10.2. The van der Waals surface area contributed by atoms with Crippen LogP contribution in [0.15, 0.2) is 0 Å². The van der Waals surface area contributed by atoms with Gasteiger partial charge < -0.3 is 15.6 Å². The van der Waals surface area contributed by atoms with Gasteiger partial charge in [0.25, 0.3) is 0 Å². The lowest BCUT2D eigenvalue weighted by molar-refractivity contribution is -0.125. The SMILES string of the molecule is C1CCOCC1.CC(O)C(N)=O. The molecule has 4 nitrogen and oxygen atoms in total. The molecule has 4 heteroatoms. The van der Waals surface area contributed by atoms with Gasteiger partial charge in [0.2, 0.25) is 5.91 Å². The Hall–Kier alpha value is -0.610. The van der Waals surface area contributed by atoms with Crippen LogP contribution in [0.3, 0.4) is 0 Å². The largest absolute Gasteiger partial charge is 0.384 e. The zero-order valence-corrected chi connectivity index (χ0v) is 7.45. The summed E-state index contributed by atoms with van der Waals surface area (Å²) in [5.41, 5.74) is 4.55. The van der Waals surface area contributed by atoms with Gasteiger partial charge in [0.05, 0.1) is 0 Å². The Balaban J connectivity index is 0.000000202. The molecule has 0 aromatic carbocycles. The molecule has 1 rings (SSSR count). The fraction of sp³-hybridized carbons (Fsp3) is 0.875. The predicted octanol–water partition coefficient (Wildman–Crippen LogP) is 0.0394. The monoisotopic (exact) mass is 175 g/mol. The number of aliphatic hydroxyl groups excluding tert-OH is 1. The summed E-state index contributed by atoms with van der Waals surface area (Å²) in [5, 5.41) is 8.16. The predicted molar refractivity (Wildman–Crippen MR) is 45.5 cm³/mol. The van der Waals surface area contributed by atoms with Crippen molar-refractivity contribution in [2.75, 3.05) is 13.2 Å². The van der Waals surface area contributed by atoms with Crippen LogP contribution >= 0.6 is 0 Å². The number of carbonyl (C=O) groups excluding carboxylic acids is 1. The first kappa shape index (κ1) is 11.4. The Morgan fingerprint density at radius 2 is 1.83 bits per heavy atom. The highest BCUT2D eigenvalue weighted by Crippen LogP contribution is 2.02. The molecule has 0 aromatic heterocycles. The third kappa shape index (κ3) is 7.50. The highest BCUT2D eigenvalue weighted by Gasteiger charge is 1.98. The van der Waals surface area contributed by atoms with Crippen molar-refractivity contribution in [3.8, 4) is 0 Å². The Kier molecular flexibility index (Phi) is 6.70. The van der Waals surface area contributed by atoms with Crippen molar-refractivity contribution in [3.63, 3.8) is 0 Å². The van der Waals surface area contributed by atoms with Crippen molar-refractivity contribution < 1.29 is 14.6 Å². The van der Waals surface area contributed by atoms with E-state index in [1.807, 2.05) is 0 Å². The molecule has 3 N–H and O–H groups in total. The van der Waals surface area contributed by atoms with E-state index in [-0.39, 0.29) is 0 Å². The van der Waals surface area contributed by atoms with E-state index in [0.29, 0.717) is 0 Å². The maximum absolute atomic E-state index is 9.67. The van der Waals surface area contributed by atoms with Crippen LogP contribution in [0.4, 0.5) is 0 Å². The van der Waals surface area contributed by atoms with Gasteiger partial charge in [-0.2, -0.15) is 0 Å². The average molecular weight is 175 g/mol. The zero-order valence-electron chi connectivity index (χ0n) is 7.45. The van der Waals surface area contributed by atoms with Gasteiger partial charge in [-0.25, -0.2) is 0 Å². The quantitative estimate of drug-likeness (QED) is 0.591. The van der Waals surface area contributed by atoms with Gasteiger partial charge in [0, 0.05) is 13.2 Å². The topological polar surface area (TPSA) is 72.6 Å². The Labute approximate surface area is 72.7 Å². The molecular formula is C8H17NO3. The van der Waals surface area contributed by atoms with Crippen LogP contribution in [0.5, 0.6) is 0 Å². The normalized spacial score (nSPS) is 18.8. The number of primary amides is 1. The summed E-state index contributed by atoms with van der Waals surface area (Å²) in [6.45, 7) is 3.32. The fourth-order valence-electron chi connectivity index (χ4n) is 0.687. The number of aliphatic hydroxyl groups is 1. The van der Waals surface area contributed by atoms with Crippen LogP contribution in [0.25, 0.3) is 0 Å². The van der Waals surface area contributed by atoms with Gasteiger partial charge >= 0.3 is 0 Å². The summed E-state index contributed by atoms with van der Waals surface area (Å²) in [6.07, 6.45) is 2.92. The summed E-state index contributed by atoms with van der Waals surface area (Å²) in [4.78, 5) is 9.67. The maximum Gasteiger partial charge on any atom is 0.245 e. The van der Waals surface area contributed by atoms with Crippen LogP contribution in [-0.2, 0) is 9.53 Å². The Morgan fingerprint density at radius 1 is 1.42 bits per heavy atom. The van der Waals surface area contributed by atoms with Gasteiger partial charge in [0.1, 0.15) is 6.10 Å². The lowest BCUT2D eigenvalue weighted by Crippen LogP contribution is -2.24. The van der Waals surface area contributed by atoms with Crippen LogP contribution in [0.2, 0.25) is 0 Å². The number of ether oxygens (including phenoxy) is 1. The van der Waals surface area contributed by atoms with Gasteiger partial charge in [-0.3, -0.25) is 4.79 Å². The van der Waals surface area contributed by atoms with E-state index in [9.17, 15) is 4.79 Å². The number of nitrogens with two attached hydrogens (primary N) is 1. The highest BCUT2D eigenvalue weighted by molar-refractivity contribution is 5.77. The molecule has 72 valence electrons. The zero-order chi connectivity index (χ0) is 9.40. The molecule has 0 spiro atoms. The fourth-order valence-corrected chi connectivity index (χ4v) is 0.687. The molecule has 1 fully saturated rings. The van der Waals surface area contributed by atoms with Crippen molar-refractivity contribution >= 4 is 5.91 Å². The highest BCUT2D eigenvalue weighted by atomic mass is 16.5. The summed E-state index contributed by atoms with van der Waals surface area (Å²) >= 11 is 0. The van der Waals surface area contributed by atoms with E-state index in [1.165, 1.54) is 26.2 Å². The number of hydrogen-bond acceptors (Lipinski definition) is 3. The minimum atomic E-state index is -1.01. The van der Waals surface area contributed by atoms with Crippen LogP contribution in [0, 0.1) is 0 Å². The molecular weight excluding hydrogens is 158 g/mol. The molecule has 1 aliphatic rings. The van der Waals surface area contributed by atoms with Crippen molar-refractivity contribution in [1.82, 2.24) is 0 Å². The van der Waals surface area contributed by atoms with Gasteiger partial charge in [-0.1, -0.05) is 0 Å². The van der Waals surface area contributed by atoms with E-state index >= 15 is 0 Å². The molecule has 1 heterocycles. The second kappa shape index (κ2) is 7.06. The number of amides is 1. The van der Waals surface area contributed by atoms with Gasteiger partial charge in [-0.05, 0) is 26.2 Å². The minimum Gasteiger partial charge on any atom is -0.384 e. The van der Waals surface area contributed by atoms with E-state index in [0.717, 1.165) is 13.2 Å². The number of carbonyl (C=O) groups is 1. The van der Waals surface area contributed by atoms with Crippen LogP contribution in [-0.4, -0.2) is 30.3 Å². The minimum absolute atomic E-state index is 0.685. The molecule has 0 aliphatic carbocycles. The molecule has 1 amide bonds. The summed E-state index contributed by atoms with van der Waals surface area (Å²) in [5.74, 6) is -0.685.